The Hall–Kier alpha value is -2.36. The lowest BCUT2D eigenvalue weighted by molar-refractivity contribution is 0.326. The van der Waals surface area contributed by atoms with Gasteiger partial charge in [0.05, 0.1) is 13.2 Å². The molecule has 0 aliphatic heterocycles. The van der Waals surface area contributed by atoms with Crippen molar-refractivity contribution in [2.75, 3.05) is 13.2 Å². The molecule has 0 atom stereocenters. The van der Waals surface area contributed by atoms with Gasteiger partial charge in [-0.05, 0) is 32.4 Å². The normalized spacial score (nSPS) is 10.8. The van der Waals surface area contributed by atoms with Crippen LogP contribution in [0.3, 0.4) is 0 Å². The molecule has 130 valence electrons. The molecule has 0 aromatic heterocycles. The van der Waals surface area contributed by atoms with E-state index in [1.54, 1.807) is 24.3 Å². The maximum absolute atomic E-state index is 9.78. The second-order valence-electron chi connectivity index (χ2n) is 5.65. The van der Waals surface area contributed by atoms with E-state index in [2.05, 4.69) is 6.92 Å². The van der Waals surface area contributed by atoms with Crippen LogP contribution in [0.4, 0.5) is 0 Å². The number of hydrogen-bond donors (Lipinski definition) is 2. The molecule has 0 unspecified atom stereocenters. The van der Waals surface area contributed by atoms with Crippen LogP contribution in [-0.2, 0) is 0 Å². The van der Waals surface area contributed by atoms with E-state index < -0.39 is 0 Å². The Morgan fingerprint density at radius 3 is 1.62 bits per heavy atom. The van der Waals surface area contributed by atoms with Gasteiger partial charge in [-0.15, -0.1) is 0 Å². The van der Waals surface area contributed by atoms with Crippen molar-refractivity contribution in [3.05, 3.63) is 47.5 Å². The lowest BCUT2D eigenvalue weighted by Crippen LogP contribution is -2.07. The van der Waals surface area contributed by atoms with Crippen molar-refractivity contribution in [3.8, 4) is 23.0 Å². The standard InChI is InChI=1S/C20H26O4/c1-4-7-16(17-10-8-14(21)12-19(17)23-5-2)18-11-9-15(22)13-20(18)24-6-3/h8-13,16,21-22H,4-7H2,1-3H3. The molecular weight excluding hydrogens is 304 g/mol. The molecule has 2 rings (SSSR count). The molecule has 2 aromatic rings. The minimum atomic E-state index is 0.0688. The van der Waals surface area contributed by atoms with E-state index in [4.69, 9.17) is 9.47 Å². The summed E-state index contributed by atoms with van der Waals surface area (Å²) in [6.45, 7) is 7.05. The summed E-state index contributed by atoms with van der Waals surface area (Å²) in [5.74, 6) is 1.82. The highest BCUT2D eigenvalue weighted by Gasteiger charge is 2.22. The Labute approximate surface area is 143 Å². The highest BCUT2D eigenvalue weighted by Crippen LogP contribution is 2.41. The molecule has 2 N–H and O–H groups in total. The second kappa shape index (κ2) is 8.48. The summed E-state index contributed by atoms with van der Waals surface area (Å²) in [6, 6.07) is 10.5. The molecule has 0 aliphatic carbocycles. The van der Waals surface area contributed by atoms with E-state index >= 15 is 0 Å². The van der Waals surface area contributed by atoms with Crippen molar-refractivity contribution in [2.45, 2.75) is 39.5 Å². The Bertz CT molecular complexity index is 611. The third-order valence-electron chi connectivity index (χ3n) is 3.92. The van der Waals surface area contributed by atoms with Gasteiger partial charge in [-0.1, -0.05) is 25.5 Å². The number of ether oxygens (including phenoxy) is 2. The smallest absolute Gasteiger partial charge is 0.126 e. The summed E-state index contributed by atoms with van der Waals surface area (Å²) in [5.41, 5.74) is 2.03. The van der Waals surface area contributed by atoms with E-state index in [-0.39, 0.29) is 17.4 Å². The van der Waals surface area contributed by atoms with E-state index in [1.165, 1.54) is 0 Å². The summed E-state index contributed by atoms with van der Waals surface area (Å²) in [5, 5.41) is 19.6. The molecule has 0 fully saturated rings. The van der Waals surface area contributed by atoms with Gasteiger partial charge in [0.2, 0.25) is 0 Å². The van der Waals surface area contributed by atoms with Crippen LogP contribution in [0.5, 0.6) is 23.0 Å². The van der Waals surface area contributed by atoms with Crippen LogP contribution in [0.1, 0.15) is 50.7 Å². The molecule has 0 radical (unpaired) electrons. The summed E-state index contributed by atoms with van der Waals surface area (Å²) < 4.78 is 11.5. The third kappa shape index (κ3) is 4.13. The molecule has 0 heterocycles. The van der Waals surface area contributed by atoms with E-state index in [0.29, 0.717) is 24.7 Å². The first-order valence-electron chi connectivity index (χ1n) is 8.52. The lowest BCUT2D eigenvalue weighted by atomic mass is 9.86. The number of phenolic OH excluding ortho intramolecular Hbond substituents is 2. The Morgan fingerprint density at radius 2 is 1.25 bits per heavy atom. The van der Waals surface area contributed by atoms with Crippen molar-refractivity contribution in [2.24, 2.45) is 0 Å². The first-order chi connectivity index (χ1) is 11.6. The van der Waals surface area contributed by atoms with Crippen molar-refractivity contribution in [1.82, 2.24) is 0 Å². The molecule has 2 aromatic carbocycles. The van der Waals surface area contributed by atoms with Gasteiger partial charge in [0.25, 0.3) is 0 Å². The second-order valence-corrected chi connectivity index (χ2v) is 5.65. The Kier molecular flexibility index (Phi) is 6.36. The van der Waals surface area contributed by atoms with Crippen LogP contribution in [0.25, 0.3) is 0 Å². The number of hydrogen-bond acceptors (Lipinski definition) is 4. The summed E-state index contributed by atoms with van der Waals surface area (Å²) in [7, 11) is 0. The van der Waals surface area contributed by atoms with Crippen LogP contribution >= 0.6 is 0 Å². The average Bonchev–Trinajstić information content (AvgIpc) is 2.55. The molecular formula is C20H26O4. The van der Waals surface area contributed by atoms with Gasteiger partial charge in [0.15, 0.2) is 0 Å². The summed E-state index contributed by atoms with van der Waals surface area (Å²) in [4.78, 5) is 0. The molecule has 0 saturated heterocycles. The molecule has 0 spiro atoms. The fourth-order valence-electron chi connectivity index (χ4n) is 2.95. The molecule has 0 bridgehead atoms. The Morgan fingerprint density at radius 1 is 0.792 bits per heavy atom. The van der Waals surface area contributed by atoms with Gasteiger partial charge in [-0.3, -0.25) is 0 Å². The minimum Gasteiger partial charge on any atom is -0.508 e. The largest absolute Gasteiger partial charge is 0.508 e. The highest BCUT2D eigenvalue weighted by atomic mass is 16.5. The van der Waals surface area contributed by atoms with Gasteiger partial charge in [0.1, 0.15) is 23.0 Å². The van der Waals surface area contributed by atoms with Crippen LogP contribution in [-0.4, -0.2) is 23.4 Å². The monoisotopic (exact) mass is 330 g/mol. The van der Waals surface area contributed by atoms with Crippen molar-refractivity contribution in [1.29, 1.82) is 0 Å². The molecule has 24 heavy (non-hydrogen) atoms. The maximum Gasteiger partial charge on any atom is 0.126 e. The van der Waals surface area contributed by atoms with E-state index in [1.807, 2.05) is 26.0 Å². The van der Waals surface area contributed by atoms with Crippen LogP contribution in [0, 0.1) is 0 Å². The minimum absolute atomic E-state index is 0.0688. The average molecular weight is 330 g/mol. The Balaban J connectivity index is 2.54. The maximum atomic E-state index is 9.78. The van der Waals surface area contributed by atoms with Crippen molar-refractivity contribution < 1.29 is 19.7 Å². The lowest BCUT2D eigenvalue weighted by Gasteiger charge is -2.23. The van der Waals surface area contributed by atoms with Crippen LogP contribution < -0.4 is 9.47 Å². The number of phenols is 2. The quantitative estimate of drug-likeness (QED) is 0.728. The van der Waals surface area contributed by atoms with Gasteiger partial charge >= 0.3 is 0 Å². The van der Waals surface area contributed by atoms with Gasteiger partial charge < -0.3 is 19.7 Å². The number of aromatic hydroxyl groups is 2. The SMILES string of the molecule is CCCC(c1ccc(O)cc1OCC)c1ccc(O)cc1OCC. The van der Waals surface area contributed by atoms with Crippen molar-refractivity contribution >= 4 is 0 Å². The predicted molar refractivity (Wildman–Crippen MR) is 95.3 cm³/mol. The number of rotatable bonds is 8. The third-order valence-corrected chi connectivity index (χ3v) is 3.92. The highest BCUT2D eigenvalue weighted by molar-refractivity contribution is 5.51. The van der Waals surface area contributed by atoms with Crippen molar-refractivity contribution in [3.63, 3.8) is 0 Å². The van der Waals surface area contributed by atoms with E-state index in [0.717, 1.165) is 24.0 Å². The summed E-state index contributed by atoms with van der Waals surface area (Å²) >= 11 is 0. The van der Waals surface area contributed by atoms with Gasteiger partial charge in [-0.2, -0.15) is 0 Å². The fraction of sp³-hybridized carbons (Fsp3) is 0.400. The summed E-state index contributed by atoms with van der Waals surface area (Å²) in [6.07, 6.45) is 1.90. The van der Waals surface area contributed by atoms with Gasteiger partial charge in [-0.25, -0.2) is 0 Å². The molecule has 0 saturated carbocycles. The molecule has 4 nitrogen and oxygen atoms in total. The number of benzene rings is 2. The predicted octanol–water partition coefficient (Wildman–Crippen LogP) is 4.83. The molecule has 4 heteroatoms. The van der Waals surface area contributed by atoms with Crippen LogP contribution in [0.15, 0.2) is 36.4 Å². The zero-order chi connectivity index (χ0) is 17.5. The fourth-order valence-corrected chi connectivity index (χ4v) is 2.95. The first-order valence-corrected chi connectivity index (χ1v) is 8.52. The van der Waals surface area contributed by atoms with E-state index in [9.17, 15) is 10.2 Å². The zero-order valence-electron chi connectivity index (χ0n) is 14.6. The molecule has 0 aliphatic rings. The van der Waals surface area contributed by atoms with Crippen LogP contribution in [0.2, 0.25) is 0 Å². The molecule has 0 amide bonds. The zero-order valence-corrected chi connectivity index (χ0v) is 14.6. The van der Waals surface area contributed by atoms with Gasteiger partial charge in [0, 0.05) is 29.2 Å². The topological polar surface area (TPSA) is 58.9 Å². The first kappa shape index (κ1) is 18.0.